The quantitative estimate of drug-likeness (QED) is 0.598. The first kappa shape index (κ1) is 8.23. The van der Waals surface area contributed by atoms with Gasteiger partial charge in [0.15, 0.2) is 0 Å². The highest BCUT2D eigenvalue weighted by molar-refractivity contribution is 6.04. The third-order valence-corrected chi connectivity index (χ3v) is 2.70. The Balaban J connectivity index is 2.60. The lowest BCUT2D eigenvalue weighted by molar-refractivity contribution is 0.965. The fourth-order valence-corrected chi connectivity index (χ4v) is 1.84. The second-order valence-corrected chi connectivity index (χ2v) is 3.56. The Kier molecular flexibility index (Phi) is 1.48. The topological polar surface area (TPSA) is 56.7 Å². The van der Waals surface area contributed by atoms with Crippen LogP contribution in [-0.4, -0.2) is 14.5 Å². The predicted octanol–water partition coefficient (Wildman–Crippen LogP) is 1.70. The predicted molar refractivity (Wildman–Crippen MR) is 60.4 cm³/mol. The molecular weight excluding hydrogens is 188 g/mol. The highest BCUT2D eigenvalue weighted by Crippen LogP contribution is 2.24. The normalized spacial score (nSPS) is 11.3. The fourth-order valence-electron chi connectivity index (χ4n) is 1.84. The van der Waals surface area contributed by atoms with Gasteiger partial charge in [-0.15, -0.1) is 0 Å². The average molecular weight is 198 g/mol. The van der Waals surface area contributed by atoms with E-state index < -0.39 is 0 Å². The molecule has 4 nitrogen and oxygen atoms in total. The molecule has 0 spiro atoms. The summed E-state index contributed by atoms with van der Waals surface area (Å²) in [6, 6.07) is 6.06. The van der Waals surface area contributed by atoms with E-state index in [1.54, 1.807) is 6.20 Å². The zero-order valence-corrected chi connectivity index (χ0v) is 8.31. The lowest BCUT2D eigenvalue weighted by atomic mass is 10.1. The van der Waals surface area contributed by atoms with Crippen LogP contribution in [0.3, 0.4) is 0 Å². The minimum atomic E-state index is 0.529. The summed E-state index contributed by atoms with van der Waals surface area (Å²) in [5, 5.41) is 2.18. The van der Waals surface area contributed by atoms with Crippen LogP contribution in [-0.2, 0) is 7.05 Å². The smallest absolute Gasteiger partial charge is 0.200 e. The summed E-state index contributed by atoms with van der Waals surface area (Å²) in [7, 11) is 1.91. The number of pyridine rings is 1. The first-order chi connectivity index (χ1) is 7.27. The van der Waals surface area contributed by atoms with Crippen LogP contribution in [0, 0.1) is 0 Å². The maximum absolute atomic E-state index is 5.78. The van der Waals surface area contributed by atoms with E-state index in [-0.39, 0.29) is 0 Å². The number of aryl methyl sites for hydroxylation is 1. The fraction of sp³-hybridized carbons (Fsp3) is 0.0909. The van der Waals surface area contributed by atoms with E-state index in [4.69, 9.17) is 5.73 Å². The molecule has 2 heterocycles. The number of nitrogens with two attached hydrogens (primary N) is 1. The third kappa shape index (κ3) is 1.01. The molecule has 0 bridgehead atoms. The molecule has 0 amide bonds. The van der Waals surface area contributed by atoms with Crippen molar-refractivity contribution in [3.05, 3.63) is 30.6 Å². The molecule has 74 valence electrons. The van der Waals surface area contributed by atoms with E-state index in [0.717, 1.165) is 21.8 Å². The van der Waals surface area contributed by atoms with Gasteiger partial charge in [-0.25, -0.2) is 4.98 Å². The van der Waals surface area contributed by atoms with Crippen molar-refractivity contribution in [1.82, 2.24) is 14.5 Å². The van der Waals surface area contributed by atoms with Gasteiger partial charge in [-0.2, -0.15) is 0 Å². The van der Waals surface area contributed by atoms with Crippen molar-refractivity contribution in [2.24, 2.45) is 7.05 Å². The number of aromatic nitrogens is 3. The molecule has 0 aliphatic rings. The van der Waals surface area contributed by atoms with Crippen molar-refractivity contribution in [1.29, 1.82) is 0 Å². The summed E-state index contributed by atoms with van der Waals surface area (Å²) >= 11 is 0. The van der Waals surface area contributed by atoms with Gasteiger partial charge in [0.2, 0.25) is 5.95 Å². The molecular formula is C11H10N4. The van der Waals surface area contributed by atoms with Crippen molar-refractivity contribution in [2.75, 3.05) is 5.73 Å². The molecule has 0 aliphatic heterocycles. The number of hydrogen-bond donors (Lipinski definition) is 1. The van der Waals surface area contributed by atoms with Crippen molar-refractivity contribution < 1.29 is 0 Å². The molecule has 0 radical (unpaired) electrons. The Labute approximate surface area is 86.4 Å². The highest BCUT2D eigenvalue weighted by atomic mass is 15.1. The van der Waals surface area contributed by atoms with E-state index in [9.17, 15) is 0 Å². The van der Waals surface area contributed by atoms with Crippen molar-refractivity contribution in [2.45, 2.75) is 0 Å². The Morgan fingerprint density at radius 1 is 1.27 bits per heavy atom. The van der Waals surface area contributed by atoms with E-state index in [1.165, 1.54) is 0 Å². The second kappa shape index (κ2) is 2.70. The van der Waals surface area contributed by atoms with Crippen LogP contribution >= 0.6 is 0 Å². The van der Waals surface area contributed by atoms with Gasteiger partial charge in [-0.3, -0.25) is 4.98 Å². The summed E-state index contributed by atoms with van der Waals surface area (Å²) in [6.07, 6.45) is 3.60. The molecule has 3 aromatic rings. The molecule has 0 saturated carbocycles. The zero-order valence-electron chi connectivity index (χ0n) is 8.31. The number of anilines is 1. The molecule has 0 unspecified atom stereocenters. The summed E-state index contributed by atoms with van der Waals surface area (Å²) in [6.45, 7) is 0. The molecule has 1 aromatic carbocycles. The van der Waals surface area contributed by atoms with Gasteiger partial charge in [0.05, 0.1) is 5.52 Å². The van der Waals surface area contributed by atoms with Gasteiger partial charge in [0.25, 0.3) is 0 Å². The minimum Gasteiger partial charge on any atom is -0.369 e. The molecule has 3 rings (SSSR count). The van der Waals surface area contributed by atoms with Gasteiger partial charge in [-0.05, 0) is 17.5 Å². The number of nitrogens with zero attached hydrogens (tertiary/aromatic N) is 3. The molecule has 2 N–H and O–H groups in total. The Bertz CT molecular complexity index is 654. The Hall–Kier alpha value is -2.10. The number of fused-ring (bicyclic) bond motifs is 3. The summed E-state index contributed by atoms with van der Waals surface area (Å²) in [5.41, 5.74) is 7.73. The van der Waals surface area contributed by atoms with Gasteiger partial charge in [-0.1, -0.05) is 6.07 Å². The number of hydrogen-bond acceptors (Lipinski definition) is 3. The zero-order chi connectivity index (χ0) is 10.4. The lowest BCUT2D eigenvalue weighted by Crippen LogP contribution is -1.95. The van der Waals surface area contributed by atoms with Crippen molar-refractivity contribution in [3.63, 3.8) is 0 Å². The van der Waals surface area contributed by atoms with Crippen LogP contribution in [0.5, 0.6) is 0 Å². The number of rotatable bonds is 0. The number of nitrogen functional groups attached to an aromatic ring is 1. The van der Waals surface area contributed by atoms with Crippen LogP contribution in [0.25, 0.3) is 21.8 Å². The average Bonchev–Trinajstić information content (AvgIpc) is 2.56. The van der Waals surface area contributed by atoms with Gasteiger partial charge in [0, 0.05) is 24.8 Å². The van der Waals surface area contributed by atoms with Crippen molar-refractivity contribution in [3.8, 4) is 0 Å². The van der Waals surface area contributed by atoms with Gasteiger partial charge in [0.1, 0.15) is 5.52 Å². The van der Waals surface area contributed by atoms with E-state index >= 15 is 0 Å². The second-order valence-electron chi connectivity index (χ2n) is 3.56. The van der Waals surface area contributed by atoms with Gasteiger partial charge < -0.3 is 10.3 Å². The molecule has 0 saturated heterocycles. The molecule has 0 atom stereocenters. The maximum atomic E-state index is 5.78. The summed E-state index contributed by atoms with van der Waals surface area (Å²) < 4.78 is 1.88. The molecule has 0 aliphatic carbocycles. The van der Waals surface area contributed by atoms with Crippen LogP contribution < -0.4 is 5.73 Å². The van der Waals surface area contributed by atoms with E-state index in [1.807, 2.05) is 29.9 Å². The van der Waals surface area contributed by atoms with Crippen LogP contribution in [0.1, 0.15) is 0 Å². The third-order valence-electron chi connectivity index (χ3n) is 2.70. The van der Waals surface area contributed by atoms with Crippen LogP contribution in [0.4, 0.5) is 5.95 Å². The molecule has 15 heavy (non-hydrogen) atoms. The first-order valence-electron chi connectivity index (χ1n) is 4.72. The highest BCUT2D eigenvalue weighted by Gasteiger charge is 2.07. The maximum Gasteiger partial charge on any atom is 0.200 e. The van der Waals surface area contributed by atoms with Crippen molar-refractivity contribution >= 4 is 27.8 Å². The van der Waals surface area contributed by atoms with E-state index in [0.29, 0.717) is 5.95 Å². The number of imidazole rings is 1. The van der Waals surface area contributed by atoms with E-state index in [2.05, 4.69) is 16.0 Å². The van der Waals surface area contributed by atoms with Crippen LogP contribution in [0.2, 0.25) is 0 Å². The summed E-state index contributed by atoms with van der Waals surface area (Å²) in [5.74, 6) is 0.529. The first-order valence-corrected chi connectivity index (χ1v) is 4.72. The van der Waals surface area contributed by atoms with Gasteiger partial charge >= 0.3 is 0 Å². The largest absolute Gasteiger partial charge is 0.369 e. The Morgan fingerprint density at radius 2 is 2.13 bits per heavy atom. The van der Waals surface area contributed by atoms with Crippen LogP contribution in [0.15, 0.2) is 30.6 Å². The minimum absolute atomic E-state index is 0.529. The summed E-state index contributed by atoms with van der Waals surface area (Å²) in [4.78, 5) is 8.45. The SMILES string of the molecule is Cn1c(N)nc2c3cnccc3ccc21. The Morgan fingerprint density at radius 3 is 3.00 bits per heavy atom. The standard InChI is InChI=1S/C11H10N4/c1-15-9-3-2-7-4-5-13-6-8(7)10(9)14-11(15)12/h2-6H,1H3,(H2,12,14). The molecule has 0 fully saturated rings. The number of benzene rings is 1. The monoisotopic (exact) mass is 198 g/mol. The lowest BCUT2D eigenvalue weighted by Gasteiger charge is -1.98. The molecule has 2 aromatic heterocycles. The molecule has 4 heteroatoms.